The number of aliphatic hydroxyl groups excluding tert-OH is 2. The minimum Gasteiger partial charge on any atom is -0.486 e. The summed E-state index contributed by atoms with van der Waals surface area (Å²) in [5.41, 5.74) is 2.06. The van der Waals surface area contributed by atoms with Crippen LogP contribution in [0.2, 0.25) is 0 Å². The van der Waals surface area contributed by atoms with Crippen molar-refractivity contribution in [3.8, 4) is 5.75 Å². The third-order valence-corrected chi connectivity index (χ3v) is 6.98. The van der Waals surface area contributed by atoms with E-state index in [1.54, 1.807) is 29.6 Å². The lowest BCUT2D eigenvalue weighted by Gasteiger charge is -2.40. The van der Waals surface area contributed by atoms with Gasteiger partial charge in [-0.25, -0.2) is 0 Å². The monoisotopic (exact) mass is 496 g/mol. The van der Waals surface area contributed by atoms with Crippen LogP contribution in [0.5, 0.6) is 5.75 Å². The van der Waals surface area contributed by atoms with E-state index in [1.165, 1.54) is 0 Å². The highest BCUT2D eigenvalue weighted by Gasteiger charge is 2.50. The average molecular weight is 497 g/mol. The van der Waals surface area contributed by atoms with Gasteiger partial charge in [0.2, 0.25) is 11.8 Å². The van der Waals surface area contributed by atoms with Crippen LogP contribution in [0.4, 0.5) is 0 Å². The number of nitrogens with zero attached hydrogens (tertiary/aromatic N) is 1. The van der Waals surface area contributed by atoms with Gasteiger partial charge in [-0.3, -0.25) is 9.59 Å². The molecule has 0 saturated heterocycles. The number of unbranched alkanes of at least 4 members (excludes halogenated alkanes) is 4. The normalized spacial score (nSPS) is 22.2. The molecule has 0 fully saturated rings. The summed E-state index contributed by atoms with van der Waals surface area (Å²) in [4.78, 5) is 28.3. The molecule has 4 rings (SSSR count). The molecule has 1 aromatic carbocycles. The Morgan fingerprint density at radius 1 is 1.11 bits per heavy atom. The number of hydrogen-bond donors (Lipinski definition) is 3. The summed E-state index contributed by atoms with van der Waals surface area (Å²) in [5, 5.41) is 23.5. The topological polar surface area (TPSA) is 112 Å². The number of amides is 2. The molecule has 4 atom stereocenters. The summed E-state index contributed by atoms with van der Waals surface area (Å²) in [6, 6.07) is 8.48. The van der Waals surface area contributed by atoms with Gasteiger partial charge < -0.3 is 29.6 Å². The molecule has 8 heteroatoms. The van der Waals surface area contributed by atoms with E-state index in [2.05, 4.69) is 12.2 Å². The number of furan rings is 1. The van der Waals surface area contributed by atoms with Gasteiger partial charge in [0.25, 0.3) is 0 Å². The Bertz CT molecular complexity index is 1050. The molecule has 2 aromatic rings. The molecular weight excluding hydrogens is 460 g/mol. The summed E-state index contributed by atoms with van der Waals surface area (Å²) in [5.74, 6) is -0.272. The fourth-order valence-corrected chi connectivity index (χ4v) is 5.15. The number of ether oxygens (including phenoxy) is 1. The molecule has 2 aliphatic rings. The third-order valence-electron chi connectivity index (χ3n) is 6.98. The van der Waals surface area contributed by atoms with Crippen molar-refractivity contribution in [1.29, 1.82) is 0 Å². The summed E-state index contributed by atoms with van der Waals surface area (Å²) < 4.78 is 11.4. The predicted molar refractivity (Wildman–Crippen MR) is 134 cm³/mol. The number of carbonyl (C=O) groups is 2. The molecule has 194 valence electrons. The lowest BCUT2D eigenvalue weighted by molar-refractivity contribution is -0.138. The quantitative estimate of drug-likeness (QED) is 0.389. The van der Waals surface area contributed by atoms with Gasteiger partial charge in [0.05, 0.1) is 31.1 Å². The number of benzene rings is 1. The fraction of sp³-hybridized carbons (Fsp3) is 0.500. The molecule has 1 aliphatic carbocycles. The van der Waals surface area contributed by atoms with E-state index in [9.17, 15) is 19.8 Å². The zero-order valence-corrected chi connectivity index (χ0v) is 20.8. The van der Waals surface area contributed by atoms with Gasteiger partial charge in [0.15, 0.2) is 0 Å². The van der Waals surface area contributed by atoms with Crippen molar-refractivity contribution >= 4 is 11.8 Å². The van der Waals surface area contributed by atoms with Crippen molar-refractivity contribution in [3.05, 3.63) is 65.6 Å². The largest absolute Gasteiger partial charge is 0.486 e. The first-order chi connectivity index (χ1) is 17.5. The fourth-order valence-electron chi connectivity index (χ4n) is 5.15. The smallest absolute Gasteiger partial charge is 0.247 e. The summed E-state index contributed by atoms with van der Waals surface area (Å²) in [6.07, 6.45) is 8.56. The number of carbonyl (C=O) groups excluding carboxylic acids is 2. The van der Waals surface area contributed by atoms with Crippen LogP contribution in [-0.2, 0) is 16.1 Å². The van der Waals surface area contributed by atoms with Crippen molar-refractivity contribution < 1.29 is 29.0 Å². The Kier molecular flexibility index (Phi) is 8.83. The van der Waals surface area contributed by atoms with Crippen LogP contribution in [0.1, 0.15) is 62.5 Å². The summed E-state index contributed by atoms with van der Waals surface area (Å²) in [6.45, 7) is 2.33. The SMILES string of the molecule is CCCCCCCC(=O)N(Cc1ccoc1)[C@@H]1C=C(C(=O)NCCO)[C@@H]2c3ccccc3O[C@@H]2[C@H]1O. The number of rotatable bonds is 12. The summed E-state index contributed by atoms with van der Waals surface area (Å²) in [7, 11) is 0. The maximum atomic E-state index is 13.5. The Labute approximate surface area is 211 Å². The maximum absolute atomic E-state index is 13.5. The highest BCUT2D eigenvalue weighted by atomic mass is 16.5. The first-order valence-electron chi connectivity index (χ1n) is 12.9. The maximum Gasteiger partial charge on any atom is 0.247 e. The van der Waals surface area contributed by atoms with Crippen LogP contribution in [0.15, 0.2) is 58.9 Å². The molecular formula is C28H36N2O6. The van der Waals surface area contributed by atoms with Gasteiger partial charge in [0.1, 0.15) is 18.0 Å². The molecule has 2 amide bonds. The second-order valence-electron chi connectivity index (χ2n) is 9.50. The lowest BCUT2D eigenvalue weighted by atomic mass is 9.77. The molecule has 0 spiro atoms. The van der Waals surface area contributed by atoms with Crippen LogP contribution in [0.3, 0.4) is 0 Å². The van der Waals surface area contributed by atoms with Crippen molar-refractivity contribution in [2.45, 2.75) is 76.2 Å². The number of para-hydroxylation sites is 1. The minimum absolute atomic E-state index is 0.0860. The Hall–Kier alpha value is -3.10. The van der Waals surface area contributed by atoms with Crippen LogP contribution in [0.25, 0.3) is 0 Å². The zero-order chi connectivity index (χ0) is 25.5. The van der Waals surface area contributed by atoms with Gasteiger partial charge >= 0.3 is 0 Å². The Morgan fingerprint density at radius 3 is 2.67 bits per heavy atom. The molecule has 1 aromatic heterocycles. The minimum atomic E-state index is -1.03. The number of aliphatic hydroxyl groups is 2. The molecule has 0 unspecified atom stereocenters. The standard InChI is InChI=1S/C28H36N2O6/c1-2-3-4-5-6-11-24(32)30(17-19-12-15-35-18-19)22-16-21(28(34)29-13-14-31)25-20-9-7-8-10-23(20)36-27(25)26(22)33/h7-10,12,15-16,18,22,25-27,31,33H,2-6,11,13-14,17H2,1H3,(H,29,34)/t22-,25+,26+,27+/m1/s1. The van der Waals surface area contributed by atoms with E-state index in [0.717, 1.165) is 43.2 Å². The number of hydrogen-bond acceptors (Lipinski definition) is 6. The molecule has 1 aliphatic heterocycles. The van der Waals surface area contributed by atoms with Crippen molar-refractivity contribution in [2.75, 3.05) is 13.2 Å². The second kappa shape index (κ2) is 12.2. The van der Waals surface area contributed by atoms with Crippen molar-refractivity contribution in [2.24, 2.45) is 0 Å². The lowest BCUT2D eigenvalue weighted by Crippen LogP contribution is -2.55. The predicted octanol–water partition coefficient (Wildman–Crippen LogP) is 3.29. The second-order valence-corrected chi connectivity index (χ2v) is 9.50. The summed E-state index contributed by atoms with van der Waals surface area (Å²) >= 11 is 0. The number of fused-ring (bicyclic) bond motifs is 3. The van der Waals surface area contributed by atoms with Crippen LogP contribution >= 0.6 is 0 Å². The van der Waals surface area contributed by atoms with Gasteiger partial charge in [0, 0.05) is 36.2 Å². The van der Waals surface area contributed by atoms with E-state index < -0.39 is 24.2 Å². The Morgan fingerprint density at radius 2 is 1.92 bits per heavy atom. The first-order valence-corrected chi connectivity index (χ1v) is 12.9. The average Bonchev–Trinajstić information content (AvgIpc) is 3.54. The third kappa shape index (κ3) is 5.65. The van der Waals surface area contributed by atoms with Crippen molar-refractivity contribution in [1.82, 2.24) is 10.2 Å². The highest BCUT2D eigenvalue weighted by molar-refractivity contribution is 5.96. The van der Waals surface area contributed by atoms with E-state index in [-0.39, 0.29) is 31.5 Å². The first kappa shape index (κ1) is 26.0. The van der Waals surface area contributed by atoms with E-state index >= 15 is 0 Å². The molecule has 36 heavy (non-hydrogen) atoms. The number of nitrogens with one attached hydrogen (secondary N) is 1. The Balaban J connectivity index is 1.65. The molecule has 0 radical (unpaired) electrons. The van der Waals surface area contributed by atoms with E-state index in [0.29, 0.717) is 17.7 Å². The molecule has 0 saturated carbocycles. The zero-order valence-electron chi connectivity index (χ0n) is 20.8. The van der Waals surface area contributed by atoms with E-state index in [4.69, 9.17) is 9.15 Å². The van der Waals surface area contributed by atoms with Crippen LogP contribution in [0, 0.1) is 0 Å². The van der Waals surface area contributed by atoms with Gasteiger partial charge in [-0.2, -0.15) is 0 Å². The van der Waals surface area contributed by atoms with Gasteiger partial charge in [-0.15, -0.1) is 0 Å². The van der Waals surface area contributed by atoms with Crippen LogP contribution < -0.4 is 10.1 Å². The molecule has 3 N–H and O–H groups in total. The van der Waals surface area contributed by atoms with Crippen molar-refractivity contribution in [3.63, 3.8) is 0 Å². The molecule has 8 nitrogen and oxygen atoms in total. The van der Waals surface area contributed by atoms with Crippen LogP contribution in [-0.4, -0.2) is 58.3 Å². The highest BCUT2D eigenvalue weighted by Crippen LogP contribution is 2.47. The van der Waals surface area contributed by atoms with Gasteiger partial charge in [-0.05, 0) is 24.6 Å². The van der Waals surface area contributed by atoms with Gasteiger partial charge in [-0.1, -0.05) is 50.8 Å². The molecule has 2 heterocycles. The van der Waals surface area contributed by atoms with E-state index in [1.807, 2.05) is 24.3 Å². The molecule has 0 bridgehead atoms.